The van der Waals surface area contributed by atoms with Gasteiger partial charge in [-0.1, -0.05) is 183 Å². The van der Waals surface area contributed by atoms with Gasteiger partial charge in [-0.3, -0.25) is 4.57 Å². The molecule has 9 rings (SSSR count). The first-order valence-corrected chi connectivity index (χ1v) is 18.8. The molecule has 0 radical (unpaired) electrons. The van der Waals surface area contributed by atoms with Crippen molar-refractivity contribution in [2.24, 2.45) is 0 Å². The van der Waals surface area contributed by atoms with Gasteiger partial charge in [0.15, 0.2) is 19.7 Å². The fourth-order valence-corrected chi connectivity index (χ4v) is 13.6. The number of hydrogen-bond acceptors (Lipinski definition) is 3. The van der Waals surface area contributed by atoms with E-state index in [0.717, 1.165) is 41.9 Å². The van der Waals surface area contributed by atoms with Crippen molar-refractivity contribution in [1.29, 1.82) is 0 Å². The fourth-order valence-electron chi connectivity index (χ4n) is 7.74. The number of benzene rings is 6. The minimum Gasteiger partial charge on any atom is -0.278 e. The molecule has 50 heavy (non-hydrogen) atoms. The van der Waals surface area contributed by atoms with Crippen LogP contribution in [-0.4, -0.2) is 27.6 Å². The fraction of sp³-hybridized carbons (Fsp3) is 0.133. The molecule has 0 spiro atoms. The van der Waals surface area contributed by atoms with Crippen molar-refractivity contribution >= 4 is 45.4 Å². The zero-order valence-corrected chi connectivity index (χ0v) is 28.0. The number of fused-ring (bicyclic) bond motifs is 3. The predicted octanol–water partition coefficient (Wildman–Crippen LogP) is 9.11. The molecule has 0 N–H and O–H groups in total. The average Bonchev–Trinajstić information content (AvgIpc) is 3.68. The predicted molar refractivity (Wildman–Crippen MR) is 209 cm³/mol. The molecule has 242 valence electrons. The smallest absolute Gasteiger partial charge is 0.238 e. The van der Waals surface area contributed by atoms with E-state index in [1.54, 1.807) is 6.07 Å². The van der Waals surface area contributed by atoms with Gasteiger partial charge in [0, 0.05) is 21.9 Å². The highest BCUT2D eigenvalue weighted by molar-refractivity contribution is 7.12. The third-order valence-corrected chi connectivity index (χ3v) is 15.3. The summed E-state index contributed by atoms with van der Waals surface area (Å²) in [7, 11) is -2.87. The summed E-state index contributed by atoms with van der Waals surface area (Å²) in [6.07, 6.45) is 5.39. The second-order valence-corrected chi connectivity index (χ2v) is 16.7. The van der Waals surface area contributed by atoms with E-state index in [0.29, 0.717) is 11.1 Å². The summed E-state index contributed by atoms with van der Waals surface area (Å²) in [4.78, 5) is 14.4. The van der Waals surface area contributed by atoms with Crippen molar-refractivity contribution in [1.82, 2.24) is 19.5 Å². The Bertz CT molecular complexity index is 3010. The zero-order valence-electron chi connectivity index (χ0n) is 40.0. The van der Waals surface area contributed by atoms with Crippen LogP contribution in [0.2, 0.25) is 5.54 Å². The average molecular weight is 676 g/mol. The van der Waals surface area contributed by atoms with Crippen LogP contribution >= 0.6 is 0 Å². The number of aromatic nitrogens is 4. The van der Waals surface area contributed by atoms with Gasteiger partial charge in [0.25, 0.3) is 0 Å². The van der Waals surface area contributed by atoms with Crippen molar-refractivity contribution in [3.63, 3.8) is 0 Å². The van der Waals surface area contributed by atoms with Gasteiger partial charge in [0.2, 0.25) is 5.95 Å². The molecule has 8 aromatic rings. The van der Waals surface area contributed by atoms with Crippen LogP contribution in [0.1, 0.15) is 49.9 Å². The van der Waals surface area contributed by atoms with E-state index in [1.807, 2.05) is 24.3 Å². The minimum atomic E-state index is -2.87. The highest BCUT2D eigenvalue weighted by atomic mass is 28.3. The van der Waals surface area contributed by atoms with E-state index in [2.05, 4.69) is 59.6 Å². The van der Waals surface area contributed by atoms with E-state index >= 15 is 0 Å². The number of nitrogens with zero attached hydrogens (tertiary/aromatic N) is 4. The largest absolute Gasteiger partial charge is 0.278 e. The van der Waals surface area contributed by atoms with E-state index < -0.39 is 86.6 Å². The molecular weight excluding hydrogens is 625 g/mol. The van der Waals surface area contributed by atoms with Gasteiger partial charge in [-0.25, -0.2) is 4.98 Å². The standard InChI is InChI=1S/C45H38N4Si/c1-5-18-33(19-6-1)43-46-44(48-45(47-43)49-41-30-15-13-28-39(41)40-29-14-16-31-42(40)49)34-20-17-27-38(32-34)50(35-21-7-2-8-22-35,36-23-9-3-10-24-36)37-25-11-4-12-26-37/h1-3,5-10,13-24,27-32,37H,4,11-12,25-26H2/i1D,5D,6D,13D,14D,15D,16D,18D,19D,28D,29D,30D,31D. The summed E-state index contributed by atoms with van der Waals surface area (Å²) < 4.78 is 115. The lowest BCUT2D eigenvalue weighted by Gasteiger charge is -2.42. The molecule has 0 bridgehead atoms. The van der Waals surface area contributed by atoms with Crippen LogP contribution in [0.3, 0.4) is 0 Å². The highest BCUT2D eigenvalue weighted by Gasteiger charge is 2.46. The van der Waals surface area contributed by atoms with Crippen molar-refractivity contribution in [2.45, 2.75) is 37.6 Å². The molecule has 2 aromatic heterocycles. The summed E-state index contributed by atoms with van der Waals surface area (Å²) in [5, 5.41) is 3.14. The molecule has 0 aliphatic heterocycles. The quantitative estimate of drug-likeness (QED) is 0.125. The topological polar surface area (TPSA) is 43.6 Å². The molecule has 4 nitrogen and oxygen atoms in total. The Morgan fingerprint density at radius 3 is 1.68 bits per heavy atom. The van der Waals surface area contributed by atoms with Crippen molar-refractivity contribution in [2.75, 3.05) is 0 Å². The van der Waals surface area contributed by atoms with Crippen LogP contribution in [-0.2, 0) is 0 Å². The first-order valence-electron chi connectivity index (χ1n) is 23.3. The Labute approximate surface area is 312 Å². The molecule has 1 aliphatic carbocycles. The summed E-state index contributed by atoms with van der Waals surface area (Å²) in [5.41, 5.74) is -0.0267. The third-order valence-electron chi connectivity index (χ3n) is 9.83. The SMILES string of the molecule is [2H]c1c([2H])c([2H])c(-c2nc(-c3cccc([Si](c4ccccc4)(c4ccccc4)C4CCCCC4)c3)nc(-n3c4c([2H])c([2H])c([2H])c([2H])c4c4c([2H])c([2H])c([2H])c([2H])c43)n2)c([2H])c1[2H]. The molecule has 5 heteroatoms. The third kappa shape index (κ3) is 5.17. The molecule has 1 saturated carbocycles. The monoisotopic (exact) mass is 675 g/mol. The van der Waals surface area contributed by atoms with Gasteiger partial charge < -0.3 is 0 Å². The lowest BCUT2D eigenvalue weighted by Crippen LogP contribution is -2.70. The second-order valence-electron chi connectivity index (χ2n) is 12.5. The molecule has 0 unspecified atom stereocenters. The van der Waals surface area contributed by atoms with Gasteiger partial charge in [0.05, 0.1) is 28.9 Å². The van der Waals surface area contributed by atoms with Crippen LogP contribution < -0.4 is 15.6 Å². The highest BCUT2D eigenvalue weighted by Crippen LogP contribution is 2.38. The lowest BCUT2D eigenvalue weighted by molar-refractivity contribution is 0.497. The van der Waals surface area contributed by atoms with Gasteiger partial charge in [-0.2, -0.15) is 9.97 Å². The summed E-state index contributed by atoms with van der Waals surface area (Å²) >= 11 is 0. The lowest BCUT2D eigenvalue weighted by atomic mass is 10.0. The van der Waals surface area contributed by atoms with Gasteiger partial charge in [-0.15, -0.1) is 0 Å². The molecule has 2 heterocycles. The van der Waals surface area contributed by atoms with Gasteiger partial charge >= 0.3 is 0 Å². The Kier molecular flexibility index (Phi) is 5.07. The van der Waals surface area contributed by atoms with Gasteiger partial charge in [0.1, 0.15) is 0 Å². The summed E-state index contributed by atoms with van der Waals surface area (Å²) in [5.74, 6) is -0.715. The maximum Gasteiger partial charge on any atom is 0.238 e. The first kappa shape index (κ1) is 19.5. The molecule has 6 aromatic carbocycles. The number of hydrogen-bond donors (Lipinski definition) is 0. The normalized spacial score (nSPS) is 17.6. The first-order chi connectivity index (χ1) is 30.2. The Hall–Kier alpha value is -5.65. The molecule has 1 fully saturated rings. The van der Waals surface area contributed by atoms with E-state index in [-0.39, 0.29) is 45.0 Å². The molecular formula is C45H38N4Si. The molecule has 0 atom stereocenters. The second kappa shape index (κ2) is 13.0. The minimum absolute atomic E-state index is 0.00648. The van der Waals surface area contributed by atoms with Crippen LogP contribution in [0, 0.1) is 0 Å². The van der Waals surface area contributed by atoms with E-state index in [1.165, 1.54) is 10.4 Å². The van der Waals surface area contributed by atoms with Crippen LogP contribution in [0.15, 0.2) is 163 Å². The van der Waals surface area contributed by atoms with Crippen LogP contribution in [0.25, 0.3) is 50.5 Å². The molecule has 0 amide bonds. The van der Waals surface area contributed by atoms with Gasteiger partial charge in [-0.05, 0) is 33.2 Å². The van der Waals surface area contributed by atoms with Crippen molar-refractivity contribution < 1.29 is 17.8 Å². The maximum atomic E-state index is 9.11. The van der Waals surface area contributed by atoms with E-state index in [9.17, 15) is 0 Å². The maximum absolute atomic E-state index is 9.11. The number of rotatable bonds is 7. The number of para-hydroxylation sites is 2. The zero-order chi connectivity index (χ0) is 44.6. The van der Waals surface area contributed by atoms with Crippen molar-refractivity contribution in [3.8, 4) is 28.7 Å². The summed E-state index contributed by atoms with van der Waals surface area (Å²) in [6, 6.07) is 21.1. The Balaban J connectivity index is 1.42. The van der Waals surface area contributed by atoms with Crippen LogP contribution in [0.5, 0.6) is 0 Å². The van der Waals surface area contributed by atoms with E-state index in [4.69, 9.17) is 27.8 Å². The van der Waals surface area contributed by atoms with Crippen LogP contribution in [0.4, 0.5) is 0 Å². The Morgan fingerprint density at radius 1 is 0.520 bits per heavy atom. The molecule has 0 saturated heterocycles. The molecule has 1 aliphatic rings. The van der Waals surface area contributed by atoms with Crippen molar-refractivity contribution in [3.05, 3.63) is 163 Å². The Morgan fingerprint density at radius 2 is 1.06 bits per heavy atom. The summed E-state index contributed by atoms with van der Waals surface area (Å²) in [6.45, 7) is 0.